The third kappa shape index (κ3) is 3.74. The summed E-state index contributed by atoms with van der Waals surface area (Å²) in [6.07, 6.45) is 7.64. The number of carbonyl (C=O) groups is 2. The van der Waals surface area contributed by atoms with Gasteiger partial charge >= 0.3 is 5.97 Å². The Morgan fingerprint density at radius 2 is 1.70 bits per heavy atom. The first kappa shape index (κ1) is 15.3. The molecule has 2 saturated carbocycles. The summed E-state index contributed by atoms with van der Waals surface area (Å²) in [6.45, 7) is 4.48. The smallest absolute Gasteiger partial charge is 0.307 e. The van der Waals surface area contributed by atoms with Gasteiger partial charge in [0.25, 0.3) is 0 Å². The highest BCUT2D eigenvalue weighted by molar-refractivity contribution is 5.85. The van der Waals surface area contributed by atoms with Crippen molar-refractivity contribution in [1.82, 2.24) is 5.32 Å². The summed E-state index contributed by atoms with van der Waals surface area (Å²) < 4.78 is 0. The van der Waals surface area contributed by atoms with E-state index in [4.69, 9.17) is 0 Å². The van der Waals surface area contributed by atoms with E-state index in [0.717, 1.165) is 38.5 Å². The number of amides is 1. The van der Waals surface area contributed by atoms with Crippen molar-refractivity contribution in [1.29, 1.82) is 0 Å². The van der Waals surface area contributed by atoms with E-state index in [0.29, 0.717) is 6.42 Å². The molecule has 2 aliphatic carbocycles. The van der Waals surface area contributed by atoms with Gasteiger partial charge in [-0.2, -0.15) is 0 Å². The molecule has 3 unspecified atom stereocenters. The van der Waals surface area contributed by atoms with Gasteiger partial charge in [0.1, 0.15) is 0 Å². The van der Waals surface area contributed by atoms with E-state index in [1.54, 1.807) is 0 Å². The zero-order valence-corrected chi connectivity index (χ0v) is 12.7. The van der Waals surface area contributed by atoms with Crippen LogP contribution in [0.3, 0.4) is 0 Å². The lowest BCUT2D eigenvalue weighted by Crippen LogP contribution is -2.46. The van der Waals surface area contributed by atoms with Crippen LogP contribution in [0, 0.1) is 17.3 Å². The van der Waals surface area contributed by atoms with Crippen LogP contribution >= 0.6 is 0 Å². The number of hydrogen-bond donors (Lipinski definition) is 2. The van der Waals surface area contributed by atoms with E-state index < -0.39 is 11.9 Å². The van der Waals surface area contributed by atoms with Gasteiger partial charge in [0.15, 0.2) is 0 Å². The first-order valence-corrected chi connectivity index (χ1v) is 7.92. The zero-order chi connectivity index (χ0) is 14.8. The number of hydrogen-bond acceptors (Lipinski definition) is 2. The lowest BCUT2D eigenvalue weighted by Gasteiger charge is -2.37. The van der Waals surface area contributed by atoms with Crippen LogP contribution in [0.5, 0.6) is 0 Å². The standard InChI is InChI=1S/C16H27NO3/c1-16(2)9-5-6-11(10-16)17-14(18)12-7-3-4-8-13(12)15(19)20/h11-13H,3-10H2,1-2H3,(H,17,18)(H,19,20). The lowest BCUT2D eigenvalue weighted by molar-refractivity contribution is -0.149. The van der Waals surface area contributed by atoms with Gasteiger partial charge in [-0.3, -0.25) is 9.59 Å². The molecule has 0 radical (unpaired) electrons. The van der Waals surface area contributed by atoms with Crippen molar-refractivity contribution >= 4 is 11.9 Å². The van der Waals surface area contributed by atoms with Gasteiger partial charge < -0.3 is 10.4 Å². The minimum Gasteiger partial charge on any atom is -0.481 e. The predicted octanol–water partition coefficient (Wildman–Crippen LogP) is 2.96. The molecule has 20 heavy (non-hydrogen) atoms. The van der Waals surface area contributed by atoms with E-state index in [9.17, 15) is 14.7 Å². The van der Waals surface area contributed by atoms with Crippen LogP contribution in [-0.2, 0) is 9.59 Å². The maximum Gasteiger partial charge on any atom is 0.307 e. The topological polar surface area (TPSA) is 66.4 Å². The molecule has 0 aliphatic heterocycles. The molecule has 2 N–H and O–H groups in total. The average molecular weight is 281 g/mol. The Morgan fingerprint density at radius 1 is 1.05 bits per heavy atom. The molecule has 0 spiro atoms. The largest absolute Gasteiger partial charge is 0.481 e. The normalized spacial score (nSPS) is 33.4. The number of carboxylic acid groups (broad SMARTS) is 1. The van der Waals surface area contributed by atoms with Crippen molar-refractivity contribution in [3.63, 3.8) is 0 Å². The van der Waals surface area contributed by atoms with Gasteiger partial charge in [-0.1, -0.05) is 33.1 Å². The van der Waals surface area contributed by atoms with Crippen molar-refractivity contribution in [3.8, 4) is 0 Å². The molecule has 0 aromatic rings. The van der Waals surface area contributed by atoms with Gasteiger partial charge in [0.2, 0.25) is 5.91 Å². The summed E-state index contributed by atoms with van der Waals surface area (Å²) >= 11 is 0. The number of carbonyl (C=O) groups excluding carboxylic acids is 1. The third-order valence-electron chi connectivity index (χ3n) is 4.97. The van der Waals surface area contributed by atoms with Crippen LogP contribution in [0.2, 0.25) is 0 Å². The molecule has 3 atom stereocenters. The minimum atomic E-state index is -0.811. The summed E-state index contributed by atoms with van der Waals surface area (Å²) in [7, 11) is 0. The number of carboxylic acids is 1. The Kier molecular flexibility index (Phi) is 4.71. The van der Waals surface area contributed by atoms with Crippen molar-refractivity contribution < 1.29 is 14.7 Å². The number of aliphatic carboxylic acids is 1. The zero-order valence-electron chi connectivity index (χ0n) is 12.7. The maximum absolute atomic E-state index is 12.4. The van der Waals surface area contributed by atoms with Crippen LogP contribution in [-0.4, -0.2) is 23.0 Å². The van der Waals surface area contributed by atoms with Crippen molar-refractivity contribution in [2.24, 2.45) is 17.3 Å². The van der Waals surface area contributed by atoms with E-state index >= 15 is 0 Å². The van der Waals surface area contributed by atoms with Crippen molar-refractivity contribution in [2.45, 2.75) is 71.3 Å². The SMILES string of the molecule is CC1(C)CCCC(NC(=O)C2CCCCC2C(=O)O)C1. The Balaban J connectivity index is 1.94. The fourth-order valence-corrected chi connectivity index (χ4v) is 3.87. The Labute approximate surface area is 121 Å². The minimum absolute atomic E-state index is 0.0280. The van der Waals surface area contributed by atoms with Crippen molar-refractivity contribution in [3.05, 3.63) is 0 Å². The molecule has 0 bridgehead atoms. The molecule has 2 aliphatic rings. The molecule has 4 heteroatoms. The van der Waals surface area contributed by atoms with Gasteiger partial charge in [-0.25, -0.2) is 0 Å². The Morgan fingerprint density at radius 3 is 2.30 bits per heavy atom. The molecule has 114 valence electrons. The number of nitrogens with one attached hydrogen (secondary N) is 1. The first-order valence-electron chi connectivity index (χ1n) is 7.92. The van der Waals surface area contributed by atoms with E-state index in [1.807, 2.05) is 0 Å². The fourth-order valence-electron chi connectivity index (χ4n) is 3.87. The van der Waals surface area contributed by atoms with Gasteiger partial charge in [0.05, 0.1) is 11.8 Å². The van der Waals surface area contributed by atoms with Crippen LogP contribution in [0.25, 0.3) is 0 Å². The highest BCUT2D eigenvalue weighted by atomic mass is 16.4. The van der Waals surface area contributed by atoms with Gasteiger partial charge in [0, 0.05) is 6.04 Å². The third-order valence-corrected chi connectivity index (χ3v) is 4.97. The quantitative estimate of drug-likeness (QED) is 0.835. The summed E-state index contributed by atoms with van der Waals surface area (Å²) in [5.74, 6) is -1.65. The lowest BCUT2D eigenvalue weighted by atomic mass is 9.74. The van der Waals surface area contributed by atoms with Crippen LogP contribution in [0.1, 0.15) is 65.2 Å². The summed E-state index contributed by atoms with van der Waals surface area (Å²) in [6, 6.07) is 0.225. The molecular formula is C16H27NO3. The molecule has 0 saturated heterocycles. The monoisotopic (exact) mass is 281 g/mol. The summed E-state index contributed by atoms with van der Waals surface area (Å²) in [5.41, 5.74) is 0.287. The predicted molar refractivity (Wildman–Crippen MR) is 77.3 cm³/mol. The second kappa shape index (κ2) is 6.15. The maximum atomic E-state index is 12.4. The second-order valence-electron chi connectivity index (χ2n) is 7.30. The molecular weight excluding hydrogens is 254 g/mol. The van der Waals surface area contributed by atoms with Gasteiger partial charge in [-0.05, 0) is 37.5 Å². The average Bonchev–Trinajstić information content (AvgIpc) is 2.37. The number of rotatable bonds is 3. The van der Waals surface area contributed by atoms with Crippen LogP contribution < -0.4 is 5.32 Å². The van der Waals surface area contributed by atoms with Crippen LogP contribution in [0.15, 0.2) is 0 Å². The molecule has 4 nitrogen and oxygen atoms in total. The molecule has 0 heterocycles. The van der Waals surface area contributed by atoms with Crippen molar-refractivity contribution in [2.75, 3.05) is 0 Å². The fraction of sp³-hybridized carbons (Fsp3) is 0.875. The van der Waals surface area contributed by atoms with Gasteiger partial charge in [-0.15, -0.1) is 0 Å². The molecule has 2 rings (SSSR count). The second-order valence-corrected chi connectivity index (χ2v) is 7.30. The summed E-state index contributed by atoms with van der Waals surface area (Å²) in [5, 5.41) is 12.4. The highest BCUT2D eigenvalue weighted by Gasteiger charge is 2.37. The molecule has 0 aromatic heterocycles. The first-order chi connectivity index (χ1) is 9.39. The highest BCUT2D eigenvalue weighted by Crippen LogP contribution is 2.36. The van der Waals surface area contributed by atoms with Crippen LogP contribution in [0.4, 0.5) is 0 Å². The summed E-state index contributed by atoms with van der Waals surface area (Å²) in [4.78, 5) is 23.7. The Bertz CT molecular complexity index is 378. The van der Waals surface area contributed by atoms with E-state index in [-0.39, 0.29) is 23.3 Å². The van der Waals surface area contributed by atoms with E-state index in [2.05, 4.69) is 19.2 Å². The van der Waals surface area contributed by atoms with E-state index in [1.165, 1.54) is 6.42 Å². The molecule has 1 amide bonds. The molecule has 2 fully saturated rings. The Hall–Kier alpha value is -1.06. The molecule has 0 aromatic carbocycles.